The first-order valence-electron chi connectivity index (χ1n) is 10.0. The number of aromatic nitrogens is 3. The van der Waals surface area contributed by atoms with Crippen molar-refractivity contribution in [3.05, 3.63) is 41.9 Å². The van der Waals surface area contributed by atoms with E-state index in [0.29, 0.717) is 0 Å². The summed E-state index contributed by atoms with van der Waals surface area (Å²) in [5.41, 5.74) is 2.70. The zero-order valence-corrected chi connectivity index (χ0v) is 15.4. The van der Waals surface area contributed by atoms with E-state index in [0.717, 1.165) is 51.1 Å². The monoisotopic (exact) mass is 352 g/mol. The summed E-state index contributed by atoms with van der Waals surface area (Å²) in [6.07, 6.45) is 5.70. The molecule has 0 unspecified atom stereocenters. The molecule has 0 atom stereocenters. The Morgan fingerprint density at radius 2 is 1.88 bits per heavy atom. The SMILES string of the molecule is c1ccc(N2CCN(C3CN(Cc4cc5n(n4)CCCC5)C3)CC2)nc1. The van der Waals surface area contributed by atoms with Crippen molar-refractivity contribution in [3.8, 4) is 0 Å². The number of likely N-dealkylation sites (tertiary alicyclic amines) is 1. The fourth-order valence-electron chi connectivity index (χ4n) is 4.54. The second-order valence-electron chi connectivity index (χ2n) is 7.87. The van der Waals surface area contributed by atoms with Gasteiger partial charge >= 0.3 is 0 Å². The minimum Gasteiger partial charge on any atom is -0.354 e. The number of aryl methyl sites for hydroxylation is 2. The molecule has 2 aromatic heterocycles. The Labute approximate surface area is 155 Å². The lowest BCUT2D eigenvalue weighted by Gasteiger charge is -2.48. The Kier molecular flexibility index (Phi) is 4.38. The number of fused-ring (bicyclic) bond motifs is 1. The van der Waals surface area contributed by atoms with Crippen LogP contribution in [0, 0.1) is 0 Å². The van der Waals surface area contributed by atoms with E-state index in [1.165, 1.54) is 43.7 Å². The van der Waals surface area contributed by atoms with Gasteiger partial charge in [0.15, 0.2) is 0 Å². The summed E-state index contributed by atoms with van der Waals surface area (Å²) >= 11 is 0. The van der Waals surface area contributed by atoms with E-state index in [2.05, 4.69) is 42.6 Å². The van der Waals surface area contributed by atoms with Crippen LogP contribution in [0.3, 0.4) is 0 Å². The number of rotatable bonds is 4. The van der Waals surface area contributed by atoms with Crippen LogP contribution in [0.5, 0.6) is 0 Å². The van der Waals surface area contributed by atoms with E-state index in [1.807, 2.05) is 12.3 Å². The van der Waals surface area contributed by atoms with Crippen LogP contribution in [0.15, 0.2) is 30.5 Å². The van der Waals surface area contributed by atoms with Gasteiger partial charge in [-0.2, -0.15) is 5.10 Å². The van der Waals surface area contributed by atoms with Gasteiger partial charge < -0.3 is 4.90 Å². The topological polar surface area (TPSA) is 40.4 Å². The molecule has 2 saturated heterocycles. The Hall–Kier alpha value is -1.92. The second-order valence-corrected chi connectivity index (χ2v) is 7.87. The Bertz CT molecular complexity index is 705. The Morgan fingerprint density at radius 3 is 2.65 bits per heavy atom. The van der Waals surface area contributed by atoms with Crippen molar-refractivity contribution >= 4 is 5.82 Å². The molecule has 0 radical (unpaired) electrons. The number of hydrogen-bond donors (Lipinski definition) is 0. The van der Waals surface area contributed by atoms with Crippen molar-refractivity contribution in [1.29, 1.82) is 0 Å². The third kappa shape index (κ3) is 3.23. The van der Waals surface area contributed by atoms with Gasteiger partial charge in [-0.15, -0.1) is 0 Å². The van der Waals surface area contributed by atoms with Crippen LogP contribution >= 0.6 is 0 Å². The molecule has 2 fully saturated rings. The van der Waals surface area contributed by atoms with Gasteiger partial charge in [0.25, 0.3) is 0 Å². The molecule has 0 N–H and O–H groups in total. The summed E-state index contributed by atoms with van der Waals surface area (Å²) < 4.78 is 2.23. The van der Waals surface area contributed by atoms with E-state index in [1.54, 1.807) is 0 Å². The normalized spacial score (nSPS) is 22.2. The standard InChI is InChI=1S/C20H28N6/c1-3-7-21-20(6-1)25-11-9-24(10-12-25)19-15-23(16-19)14-17-13-18-5-2-4-8-26(18)22-17/h1,3,6-7,13,19H,2,4-5,8-12,14-16H2. The zero-order chi connectivity index (χ0) is 17.3. The largest absolute Gasteiger partial charge is 0.354 e. The first-order valence-corrected chi connectivity index (χ1v) is 10.0. The van der Waals surface area contributed by atoms with Crippen LogP contribution in [-0.2, 0) is 19.5 Å². The third-order valence-electron chi connectivity index (χ3n) is 6.09. The molecule has 26 heavy (non-hydrogen) atoms. The molecule has 0 amide bonds. The van der Waals surface area contributed by atoms with Crippen molar-refractivity contribution in [2.45, 2.75) is 38.4 Å². The first-order chi connectivity index (χ1) is 12.8. The fourth-order valence-corrected chi connectivity index (χ4v) is 4.54. The molecular weight excluding hydrogens is 324 g/mol. The van der Waals surface area contributed by atoms with Gasteiger partial charge in [0.2, 0.25) is 0 Å². The second kappa shape index (κ2) is 7.00. The van der Waals surface area contributed by atoms with E-state index in [9.17, 15) is 0 Å². The molecule has 0 aliphatic carbocycles. The molecule has 0 saturated carbocycles. The minimum atomic E-state index is 0.720. The van der Waals surface area contributed by atoms with Gasteiger partial charge in [-0.05, 0) is 37.5 Å². The smallest absolute Gasteiger partial charge is 0.128 e. The highest BCUT2D eigenvalue weighted by molar-refractivity contribution is 5.38. The summed E-state index contributed by atoms with van der Waals surface area (Å²) in [5, 5.41) is 4.80. The molecule has 2 aromatic rings. The van der Waals surface area contributed by atoms with Gasteiger partial charge in [-0.1, -0.05) is 6.07 Å². The highest BCUT2D eigenvalue weighted by atomic mass is 15.4. The Balaban J connectivity index is 1.09. The van der Waals surface area contributed by atoms with Crippen LogP contribution in [0.4, 0.5) is 5.82 Å². The van der Waals surface area contributed by atoms with Gasteiger partial charge in [0.1, 0.15) is 5.82 Å². The molecule has 3 aliphatic rings. The molecule has 6 nitrogen and oxygen atoms in total. The van der Waals surface area contributed by atoms with Crippen molar-refractivity contribution < 1.29 is 0 Å². The van der Waals surface area contributed by atoms with E-state index >= 15 is 0 Å². The molecule has 3 aliphatic heterocycles. The molecule has 5 heterocycles. The molecule has 0 bridgehead atoms. The number of piperazine rings is 1. The molecule has 138 valence electrons. The predicted octanol–water partition coefficient (Wildman–Crippen LogP) is 1.62. The molecule has 0 spiro atoms. The van der Waals surface area contributed by atoms with Gasteiger partial charge in [-0.3, -0.25) is 14.5 Å². The Morgan fingerprint density at radius 1 is 1.00 bits per heavy atom. The maximum atomic E-state index is 4.80. The lowest BCUT2D eigenvalue weighted by atomic mass is 10.1. The van der Waals surface area contributed by atoms with Crippen LogP contribution in [0.25, 0.3) is 0 Å². The lowest BCUT2D eigenvalue weighted by molar-refractivity contribution is 0.0247. The highest BCUT2D eigenvalue weighted by Crippen LogP contribution is 2.22. The summed E-state index contributed by atoms with van der Waals surface area (Å²) in [6.45, 7) is 8.96. The van der Waals surface area contributed by atoms with E-state index in [-0.39, 0.29) is 0 Å². The fraction of sp³-hybridized carbons (Fsp3) is 0.600. The van der Waals surface area contributed by atoms with Crippen molar-refractivity contribution in [2.75, 3.05) is 44.2 Å². The van der Waals surface area contributed by atoms with Gasteiger partial charge in [0.05, 0.1) is 5.69 Å². The summed E-state index contributed by atoms with van der Waals surface area (Å²) in [4.78, 5) is 12.1. The van der Waals surface area contributed by atoms with Crippen molar-refractivity contribution in [1.82, 2.24) is 24.6 Å². The zero-order valence-electron chi connectivity index (χ0n) is 15.4. The lowest BCUT2D eigenvalue weighted by Crippen LogP contribution is -2.62. The van der Waals surface area contributed by atoms with Gasteiger partial charge in [0, 0.05) is 70.3 Å². The summed E-state index contributed by atoms with van der Waals surface area (Å²) in [5.74, 6) is 1.12. The maximum Gasteiger partial charge on any atom is 0.128 e. The number of hydrogen-bond acceptors (Lipinski definition) is 5. The minimum absolute atomic E-state index is 0.720. The van der Waals surface area contributed by atoms with Crippen LogP contribution < -0.4 is 4.90 Å². The van der Waals surface area contributed by atoms with E-state index < -0.39 is 0 Å². The summed E-state index contributed by atoms with van der Waals surface area (Å²) in [7, 11) is 0. The average Bonchev–Trinajstić information content (AvgIpc) is 3.08. The van der Waals surface area contributed by atoms with Crippen LogP contribution in [0.1, 0.15) is 24.2 Å². The predicted molar refractivity (Wildman–Crippen MR) is 102 cm³/mol. The van der Waals surface area contributed by atoms with Gasteiger partial charge in [-0.25, -0.2) is 4.98 Å². The number of pyridine rings is 1. The average molecular weight is 352 g/mol. The number of anilines is 1. The van der Waals surface area contributed by atoms with Crippen molar-refractivity contribution in [2.24, 2.45) is 0 Å². The summed E-state index contributed by atoms with van der Waals surface area (Å²) in [6, 6.07) is 9.23. The van der Waals surface area contributed by atoms with E-state index in [4.69, 9.17) is 5.10 Å². The molecule has 5 rings (SSSR count). The maximum absolute atomic E-state index is 4.80. The molecular formula is C20H28N6. The number of nitrogens with zero attached hydrogens (tertiary/aromatic N) is 6. The van der Waals surface area contributed by atoms with Crippen LogP contribution in [0.2, 0.25) is 0 Å². The third-order valence-corrected chi connectivity index (χ3v) is 6.09. The highest BCUT2D eigenvalue weighted by Gasteiger charge is 2.34. The molecule has 6 heteroatoms. The first kappa shape index (κ1) is 16.3. The van der Waals surface area contributed by atoms with Crippen molar-refractivity contribution in [3.63, 3.8) is 0 Å². The quantitative estimate of drug-likeness (QED) is 0.836. The van der Waals surface area contributed by atoms with Crippen LogP contribution in [-0.4, -0.2) is 69.9 Å². The molecule has 0 aromatic carbocycles.